The zero-order valence-corrected chi connectivity index (χ0v) is 38.5. The molecule has 0 aliphatic carbocycles. The Morgan fingerprint density at radius 2 is 1.76 bits per heavy atom. The first-order valence-electron chi connectivity index (χ1n) is 21.8. The largest absolute Gasteiger partial charge is 0.493 e. The number of carbonyl (C=O) groups excluding carboxylic acids is 5. The number of β-lactam (4-membered cyclic amide) rings is 1. The van der Waals surface area contributed by atoms with Crippen LogP contribution >= 0.6 is 11.8 Å². The number of hydrogen-bond acceptors (Lipinski definition) is 13. The fraction of sp³-hybridized carbons (Fsp3) is 0.689. The number of carboxylic acids is 1. The van der Waals surface area contributed by atoms with E-state index in [0.717, 1.165) is 5.56 Å². The molecular formula is C45H66N4O12S. The van der Waals surface area contributed by atoms with Crippen LogP contribution in [0, 0.1) is 17.3 Å². The monoisotopic (exact) mass is 886 g/mol. The van der Waals surface area contributed by atoms with Crippen LogP contribution < -0.4 is 9.47 Å². The number of likely N-dealkylation sites (tertiary alicyclic amines) is 2. The number of carbonyl (C=O) groups is 6. The van der Waals surface area contributed by atoms with Crippen molar-refractivity contribution in [2.24, 2.45) is 17.3 Å². The van der Waals surface area contributed by atoms with Gasteiger partial charge < -0.3 is 43.9 Å². The topological polar surface area (TPSA) is 193 Å². The van der Waals surface area contributed by atoms with Crippen LogP contribution in [-0.4, -0.2) is 162 Å². The number of ketones is 1. The fourth-order valence-electron chi connectivity index (χ4n) is 8.97. The Morgan fingerprint density at radius 3 is 2.39 bits per heavy atom. The average Bonchev–Trinajstić information content (AvgIpc) is 3.76. The SMILES string of the molecule is CCC(C)(C)C(=O)C(=O)N1CCCC[C@H]1C(=O)O[C@H](CCc1ccc(OC)c(OC)c1)COCCCN1C[C@@H](SC2=C(C(=O)O)N3C(=O)[C@H]([C@@H](C)O)[C@H]3[C@H]2C)C[C@H]1C(=O)N(C)C. The number of methoxy groups -OCH3 is 2. The van der Waals surface area contributed by atoms with E-state index in [2.05, 4.69) is 4.90 Å². The highest BCUT2D eigenvalue weighted by Crippen LogP contribution is 2.52. The molecule has 344 valence electrons. The van der Waals surface area contributed by atoms with Crippen LogP contribution in [0.3, 0.4) is 0 Å². The third kappa shape index (κ3) is 10.6. The second-order valence-electron chi connectivity index (χ2n) is 17.8. The van der Waals surface area contributed by atoms with E-state index in [4.69, 9.17) is 18.9 Å². The maximum atomic E-state index is 13.9. The number of rotatable bonds is 21. The molecule has 3 amide bonds. The summed E-state index contributed by atoms with van der Waals surface area (Å²) in [6.45, 7) is 10.5. The predicted molar refractivity (Wildman–Crippen MR) is 231 cm³/mol. The number of Topliss-reactive ketones (excluding diaryl/α,β-unsaturated/α-hetero) is 1. The van der Waals surface area contributed by atoms with Gasteiger partial charge in [-0.05, 0) is 76.0 Å². The first-order valence-corrected chi connectivity index (χ1v) is 22.7. The van der Waals surface area contributed by atoms with Gasteiger partial charge in [0.15, 0.2) is 11.5 Å². The Kier molecular flexibility index (Phi) is 16.5. The molecule has 17 heteroatoms. The van der Waals surface area contributed by atoms with Crippen molar-refractivity contribution in [1.29, 1.82) is 0 Å². The van der Waals surface area contributed by atoms with Gasteiger partial charge in [-0.3, -0.25) is 24.1 Å². The first kappa shape index (κ1) is 48.8. The normalized spacial score (nSPS) is 24.9. The molecule has 4 aliphatic rings. The number of esters is 1. The smallest absolute Gasteiger partial charge is 0.353 e. The van der Waals surface area contributed by atoms with E-state index in [9.17, 15) is 39.0 Å². The Bertz CT molecular complexity index is 1870. The molecule has 0 radical (unpaired) electrons. The summed E-state index contributed by atoms with van der Waals surface area (Å²) >= 11 is 1.41. The van der Waals surface area contributed by atoms with Gasteiger partial charge in [0, 0.05) is 61.8 Å². The third-order valence-corrected chi connectivity index (χ3v) is 14.4. The molecule has 5 rings (SSSR count). The van der Waals surface area contributed by atoms with Crippen LogP contribution in [0.15, 0.2) is 28.8 Å². The molecule has 1 aromatic rings. The Morgan fingerprint density at radius 1 is 1.05 bits per heavy atom. The maximum absolute atomic E-state index is 13.9. The average molecular weight is 887 g/mol. The van der Waals surface area contributed by atoms with Crippen LogP contribution in [0.4, 0.5) is 0 Å². The summed E-state index contributed by atoms with van der Waals surface area (Å²) in [6, 6.07) is 3.85. The lowest BCUT2D eigenvalue weighted by molar-refractivity contribution is -0.166. The van der Waals surface area contributed by atoms with Crippen molar-refractivity contribution in [2.45, 2.75) is 122 Å². The Balaban J connectivity index is 1.24. The quantitative estimate of drug-likeness (QED) is 0.0785. The standard InChI is InChI=1S/C45H66N4O12S/c1-10-45(4,5)39(51)42(54)48-20-12-11-14-31(48)44(57)61-29(17-15-28-16-18-33(58-8)34(22-28)59-9)25-60-21-13-19-47-24-30(23-32(47)40(52)46(6)7)62-38-26(2)36-35(27(3)50)41(53)49(36)37(38)43(55)56/h16,18,22,26-27,29-32,35-36,50H,10-15,17,19-21,23-25H2,1-9H3,(H,55,56)/t26-,27-,29-,30+,31+,32+,35-,36-/m1/s1. The molecule has 0 unspecified atom stereocenters. The van der Waals surface area contributed by atoms with Crippen molar-refractivity contribution in [2.75, 3.05) is 61.2 Å². The second-order valence-corrected chi connectivity index (χ2v) is 19.1. The molecule has 62 heavy (non-hydrogen) atoms. The predicted octanol–water partition coefficient (Wildman–Crippen LogP) is 3.76. The van der Waals surface area contributed by atoms with Crippen molar-refractivity contribution in [1.82, 2.24) is 19.6 Å². The molecule has 0 saturated carbocycles. The number of fused-ring (bicyclic) bond motifs is 1. The van der Waals surface area contributed by atoms with Crippen LogP contribution in [0.2, 0.25) is 0 Å². The van der Waals surface area contributed by atoms with Crippen LogP contribution in [-0.2, 0) is 44.7 Å². The minimum atomic E-state index is -1.18. The minimum Gasteiger partial charge on any atom is -0.493 e. The summed E-state index contributed by atoms with van der Waals surface area (Å²) in [7, 11) is 6.53. The van der Waals surface area contributed by atoms with E-state index in [-0.39, 0.29) is 35.3 Å². The van der Waals surface area contributed by atoms with E-state index in [0.29, 0.717) is 94.0 Å². The van der Waals surface area contributed by atoms with Gasteiger partial charge in [0.25, 0.3) is 5.91 Å². The van der Waals surface area contributed by atoms with Crippen molar-refractivity contribution in [3.8, 4) is 11.5 Å². The number of piperidine rings is 1. The van der Waals surface area contributed by atoms with Gasteiger partial charge in [-0.2, -0.15) is 0 Å². The molecule has 4 heterocycles. The van der Waals surface area contributed by atoms with E-state index in [1.807, 2.05) is 32.0 Å². The number of likely N-dealkylation sites (N-methyl/N-ethyl adjacent to an activating group) is 1. The third-order valence-electron chi connectivity index (χ3n) is 12.9. The number of carboxylic acid groups (broad SMARTS) is 1. The minimum absolute atomic E-state index is 0.0326. The highest BCUT2D eigenvalue weighted by Gasteiger charge is 2.60. The number of nitrogens with zero attached hydrogens (tertiary/aromatic N) is 4. The fourth-order valence-corrected chi connectivity index (χ4v) is 10.5. The van der Waals surface area contributed by atoms with Crippen molar-refractivity contribution >= 4 is 47.2 Å². The van der Waals surface area contributed by atoms with E-state index in [1.165, 1.54) is 21.6 Å². The van der Waals surface area contributed by atoms with Gasteiger partial charge >= 0.3 is 11.9 Å². The van der Waals surface area contributed by atoms with Crippen LogP contribution in [0.1, 0.15) is 85.1 Å². The molecule has 2 N–H and O–H groups in total. The molecule has 3 fully saturated rings. The molecule has 0 aromatic heterocycles. The number of hydrogen-bond donors (Lipinski definition) is 2. The zero-order valence-electron chi connectivity index (χ0n) is 37.7. The number of aliphatic hydroxyl groups is 1. The molecule has 0 spiro atoms. The van der Waals surface area contributed by atoms with Gasteiger partial charge in [-0.1, -0.05) is 33.8 Å². The summed E-state index contributed by atoms with van der Waals surface area (Å²) in [5.74, 6) is -3.16. The van der Waals surface area contributed by atoms with E-state index >= 15 is 0 Å². The number of amides is 3. The van der Waals surface area contributed by atoms with Crippen molar-refractivity contribution in [3.63, 3.8) is 0 Å². The van der Waals surface area contributed by atoms with E-state index < -0.39 is 65.3 Å². The van der Waals surface area contributed by atoms with Gasteiger partial charge in [0.2, 0.25) is 17.6 Å². The van der Waals surface area contributed by atoms with Gasteiger partial charge in [0.1, 0.15) is 17.8 Å². The number of thioether (sulfide) groups is 1. The lowest BCUT2D eigenvalue weighted by Gasteiger charge is -2.46. The van der Waals surface area contributed by atoms with Crippen molar-refractivity contribution < 1.29 is 57.9 Å². The number of aliphatic carboxylic acids is 1. The molecule has 16 nitrogen and oxygen atoms in total. The summed E-state index contributed by atoms with van der Waals surface area (Å²) in [5, 5.41) is 20.3. The summed E-state index contributed by atoms with van der Waals surface area (Å²) in [4.78, 5) is 86.3. The summed E-state index contributed by atoms with van der Waals surface area (Å²) in [5.41, 5.74) is 0.0446. The number of aryl methyl sites for hydroxylation is 1. The lowest BCUT2D eigenvalue weighted by Crippen LogP contribution is -2.63. The highest BCUT2D eigenvalue weighted by atomic mass is 32.2. The molecule has 3 saturated heterocycles. The number of ether oxygens (including phenoxy) is 4. The van der Waals surface area contributed by atoms with Crippen molar-refractivity contribution in [3.05, 3.63) is 34.4 Å². The molecule has 4 aliphatic heterocycles. The van der Waals surface area contributed by atoms with Gasteiger partial charge in [0.05, 0.1) is 44.9 Å². The summed E-state index contributed by atoms with van der Waals surface area (Å²) in [6.07, 6.45) is 2.66. The first-order chi connectivity index (χ1) is 29.4. The molecule has 8 atom stereocenters. The van der Waals surface area contributed by atoms with E-state index in [1.54, 1.807) is 54.0 Å². The molecular weight excluding hydrogens is 821 g/mol. The highest BCUT2D eigenvalue weighted by molar-refractivity contribution is 8.03. The Labute approximate surface area is 369 Å². The number of benzene rings is 1. The zero-order chi connectivity index (χ0) is 45.6. The van der Waals surface area contributed by atoms with Crippen LogP contribution in [0.5, 0.6) is 11.5 Å². The summed E-state index contributed by atoms with van der Waals surface area (Å²) < 4.78 is 23.2. The lowest BCUT2D eigenvalue weighted by atomic mass is 9.79. The number of aliphatic hydroxyl groups excluding tert-OH is 1. The van der Waals surface area contributed by atoms with Gasteiger partial charge in [-0.15, -0.1) is 11.8 Å². The maximum Gasteiger partial charge on any atom is 0.353 e. The molecule has 1 aromatic carbocycles. The Hall–Kier alpha value is -4.19. The molecule has 0 bridgehead atoms. The van der Waals surface area contributed by atoms with Gasteiger partial charge in [-0.25, -0.2) is 9.59 Å². The second kappa shape index (κ2) is 21.0. The van der Waals surface area contributed by atoms with Crippen LogP contribution in [0.25, 0.3) is 0 Å².